The van der Waals surface area contributed by atoms with E-state index in [0.717, 1.165) is 32.2 Å². The number of ether oxygens (including phenoxy) is 1. The molecule has 0 bridgehead atoms. The first-order chi connectivity index (χ1) is 29.6. The fourth-order valence-corrected chi connectivity index (χ4v) is 17.7. The Morgan fingerprint density at radius 1 is 0.937 bits per heavy atom. The number of carbonyl (C=O) groups is 1. The average molecular weight is 884 g/mol. The first-order valence-electron chi connectivity index (χ1n) is 24.5. The molecule has 0 amide bonds. The van der Waals surface area contributed by atoms with Gasteiger partial charge in [-0.15, -0.1) is 0 Å². The maximum atomic E-state index is 12.9. The van der Waals surface area contributed by atoms with Crippen LogP contribution in [0, 0.1) is 68.0 Å². The van der Waals surface area contributed by atoms with Crippen LogP contribution in [0.15, 0.2) is 53.8 Å². The van der Waals surface area contributed by atoms with Gasteiger partial charge in [0.1, 0.15) is 21.5 Å². The number of fused-ring (bicyclic) bond motifs is 7. The molecule has 0 unspecified atom stereocenters. The number of aromatic nitrogens is 1. The number of aliphatic hydroxyl groups is 1. The highest BCUT2D eigenvalue weighted by Gasteiger charge is 2.70. The van der Waals surface area contributed by atoms with E-state index in [-0.39, 0.29) is 44.9 Å². The molecular weight excluding hydrogens is 807 g/mol. The number of nitrogens with zero attached hydrogens (tertiary/aromatic N) is 2. The summed E-state index contributed by atoms with van der Waals surface area (Å²) in [5.74, 6) is 2.25. The Balaban J connectivity index is 0.982. The van der Waals surface area contributed by atoms with Gasteiger partial charge in [0, 0.05) is 18.0 Å². The number of rotatable bonds is 12. The number of pyridine rings is 1. The molecule has 8 rings (SSSR count). The number of hydrogen-bond acceptors (Lipinski definition) is 8. The molecule has 63 heavy (non-hydrogen) atoms. The van der Waals surface area contributed by atoms with Gasteiger partial charge >= 0.3 is 5.97 Å². The minimum atomic E-state index is -3.08. The molecule has 0 aliphatic heterocycles. The number of allylic oxidation sites excluding steroid dienone is 5. The maximum absolute atomic E-state index is 12.9. The topological polar surface area (TPSA) is 150 Å². The maximum Gasteiger partial charge on any atom is 0.310 e. The predicted molar refractivity (Wildman–Crippen MR) is 248 cm³/mol. The zero-order valence-electron chi connectivity index (χ0n) is 39.5. The second kappa shape index (κ2) is 16.4. The first kappa shape index (κ1) is 46.5. The summed E-state index contributed by atoms with van der Waals surface area (Å²) in [7, 11) is -3.08. The Bertz CT molecular complexity index is 2180. The highest BCUT2D eigenvalue weighted by Crippen LogP contribution is 2.76. The van der Waals surface area contributed by atoms with Gasteiger partial charge in [0.15, 0.2) is 0 Å². The van der Waals surface area contributed by atoms with Crippen molar-refractivity contribution in [1.29, 1.82) is 5.26 Å². The van der Waals surface area contributed by atoms with Gasteiger partial charge in [-0.3, -0.25) is 4.79 Å². The summed E-state index contributed by atoms with van der Waals surface area (Å²) in [4.78, 5) is 17.1. The molecule has 7 aliphatic carbocycles. The van der Waals surface area contributed by atoms with Crippen molar-refractivity contribution >= 4 is 15.8 Å². The predicted octanol–water partition coefficient (Wildman–Crippen LogP) is 10.5. The highest BCUT2D eigenvalue weighted by atomic mass is 32.2. The van der Waals surface area contributed by atoms with E-state index in [1.807, 2.05) is 0 Å². The van der Waals surface area contributed by atoms with E-state index in [9.17, 15) is 28.7 Å². The molecule has 346 valence electrons. The number of carboxylic acid groups (broad SMARTS) is 1. The number of nitriles is 1. The van der Waals surface area contributed by atoms with E-state index >= 15 is 0 Å². The minimum Gasteiger partial charge on any atom is -0.481 e. The lowest BCUT2D eigenvalue weighted by Gasteiger charge is -2.72. The normalized spacial score (nSPS) is 42.0. The summed E-state index contributed by atoms with van der Waals surface area (Å²) in [5.41, 5.74) is 3.34. The third-order valence-corrected chi connectivity index (χ3v) is 22.0. The summed E-state index contributed by atoms with van der Waals surface area (Å²) < 4.78 is 30.4. The van der Waals surface area contributed by atoms with Crippen molar-refractivity contribution in [2.45, 2.75) is 174 Å². The van der Waals surface area contributed by atoms with Crippen molar-refractivity contribution in [3.63, 3.8) is 0 Å². The second-order valence-corrected chi connectivity index (χ2v) is 25.7. The Kier molecular flexibility index (Phi) is 12.1. The SMILES string of the molecule is C=C(C)[C@@H]1CC[C@]2(NCC[C@]3(O)CC[C@@H](S(C)(=O)=O)CC3)CC[C@]3(C)[C@H](CC[C@@H]4[C@@]5(C)CC=C(C6=CC[C@@](CCOc7ncccc7C#N)(C(=O)O)CC6)C(C)(C)[C@@H]5CC[C@]43C)[C@@H]12. The average Bonchev–Trinajstić information content (AvgIpc) is 3.61. The van der Waals surface area contributed by atoms with Gasteiger partial charge in [-0.1, -0.05) is 58.9 Å². The van der Waals surface area contributed by atoms with Crippen LogP contribution < -0.4 is 10.1 Å². The number of nitrogens with one attached hydrogen (secondary N) is 1. The molecule has 5 fully saturated rings. The van der Waals surface area contributed by atoms with Gasteiger partial charge in [0.05, 0.1) is 22.9 Å². The van der Waals surface area contributed by atoms with Gasteiger partial charge in [0.2, 0.25) is 5.88 Å². The lowest BCUT2D eigenvalue weighted by molar-refractivity contribution is -0.221. The van der Waals surface area contributed by atoms with E-state index in [2.05, 4.69) is 76.6 Å². The molecule has 1 aromatic heterocycles. The lowest BCUT2D eigenvalue weighted by Crippen LogP contribution is -2.68. The molecule has 0 spiro atoms. The molecular formula is C53H77N3O6S. The fraction of sp³-hybridized carbons (Fsp3) is 0.755. The molecule has 1 aromatic rings. The summed E-state index contributed by atoms with van der Waals surface area (Å²) >= 11 is 0. The molecule has 10 atom stereocenters. The zero-order valence-corrected chi connectivity index (χ0v) is 40.3. The molecule has 0 saturated heterocycles. The van der Waals surface area contributed by atoms with Crippen molar-refractivity contribution in [1.82, 2.24) is 10.3 Å². The van der Waals surface area contributed by atoms with Crippen LogP contribution in [0.3, 0.4) is 0 Å². The fourth-order valence-electron chi connectivity index (χ4n) is 16.6. The number of sulfone groups is 1. The molecule has 3 N–H and O–H groups in total. The van der Waals surface area contributed by atoms with Gasteiger partial charge in [0.25, 0.3) is 0 Å². The van der Waals surface area contributed by atoms with E-state index in [1.54, 1.807) is 18.3 Å². The van der Waals surface area contributed by atoms with Crippen LogP contribution in [0.4, 0.5) is 0 Å². The van der Waals surface area contributed by atoms with Gasteiger partial charge < -0.3 is 20.3 Å². The Hall–Kier alpha value is -3.00. The highest BCUT2D eigenvalue weighted by molar-refractivity contribution is 7.91. The van der Waals surface area contributed by atoms with Crippen molar-refractivity contribution in [2.24, 2.45) is 56.7 Å². The van der Waals surface area contributed by atoms with E-state index in [1.165, 1.54) is 61.5 Å². The second-order valence-electron chi connectivity index (χ2n) is 23.4. The first-order valence-corrected chi connectivity index (χ1v) is 26.5. The van der Waals surface area contributed by atoms with Crippen LogP contribution in [-0.4, -0.2) is 65.4 Å². The van der Waals surface area contributed by atoms with Gasteiger partial charge in [-0.25, -0.2) is 13.4 Å². The summed E-state index contributed by atoms with van der Waals surface area (Å²) in [5, 5.41) is 35.5. The smallest absolute Gasteiger partial charge is 0.310 e. The molecule has 7 aliphatic rings. The largest absolute Gasteiger partial charge is 0.481 e. The molecule has 10 heteroatoms. The summed E-state index contributed by atoms with van der Waals surface area (Å²) in [6.07, 6.45) is 23.5. The van der Waals surface area contributed by atoms with Crippen LogP contribution in [-0.2, 0) is 14.6 Å². The molecule has 0 aromatic carbocycles. The van der Waals surface area contributed by atoms with Crippen LogP contribution >= 0.6 is 0 Å². The van der Waals surface area contributed by atoms with Gasteiger partial charge in [-0.2, -0.15) is 5.26 Å². The standard InChI is InChI=1S/C53H77N3O6S/c1-35(2)39-17-26-53(56-32-29-52(59)24-15-38(16-25-52)63(8,60)61)28-27-49(6)41(44(39)53)11-12-43-48(5)20-18-40(47(3,4)42(48)19-21-50(43,49)7)36-13-22-51(23-14-36,46(57)58)30-33-62-45-37(34-54)10-9-31-55-45/h9-10,13,18,31,38-39,41-44,56,59H,1,11-12,14-17,19-30,32-33H2,2-8H3,(H,57,58)/t38-,39-,41+,42-,43+,44+,48-,49+,50+,51+,52+,53-/m0/s1. The van der Waals surface area contributed by atoms with Crippen LogP contribution in [0.2, 0.25) is 0 Å². The van der Waals surface area contributed by atoms with Crippen molar-refractivity contribution < 1.29 is 28.2 Å². The van der Waals surface area contributed by atoms with Crippen molar-refractivity contribution in [3.8, 4) is 11.9 Å². The third kappa shape index (κ3) is 7.68. The third-order valence-electron chi connectivity index (χ3n) is 20.3. The lowest BCUT2D eigenvalue weighted by atomic mass is 9.33. The monoisotopic (exact) mass is 884 g/mol. The Morgan fingerprint density at radius 3 is 2.33 bits per heavy atom. The number of hydrogen-bond donors (Lipinski definition) is 3. The van der Waals surface area contributed by atoms with Crippen LogP contribution in [0.5, 0.6) is 5.88 Å². The molecule has 5 saturated carbocycles. The van der Waals surface area contributed by atoms with Gasteiger partial charge in [-0.05, 0) is 204 Å². The summed E-state index contributed by atoms with van der Waals surface area (Å²) in [6.45, 7) is 20.8. The molecule has 9 nitrogen and oxygen atoms in total. The van der Waals surface area contributed by atoms with E-state index < -0.39 is 26.8 Å². The zero-order chi connectivity index (χ0) is 45.4. The molecule has 0 radical (unpaired) electrons. The quantitative estimate of drug-likeness (QED) is 0.174. The van der Waals surface area contributed by atoms with E-state index in [4.69, 9.17) is 4.74 Å². The number of aliphatic carboxylic acids is 1. The Morgan fingerprint density at radius 2 is 1.68 bits per heavy atom. The van der Waals surface area contributed by atoms with E-state index in [0.29, 0.717) is 86.5 Å². The van der Waals surface area contributed by atoms with Crippen molar-refractivity contribution in [3.05, 3.63) is 59.3 Å². The van der Waals surface area contributed by atoms with Crippen molar-refractivity contribution in [2.75, 3.05) is 19.4 Å². The Labute approximate surface area is 378 Å². The molecule has 1 heterocycles. The van der Waals surface area contributed by atoms with Crippen LogP contribution in [0.1, 0.15) is 163 Å². The minimum absolute atomic E-state index is 0.0345. The summed E-state index contributed by atoms with van der Waals surface area (Å²) in [6, 6.07) is 5.47. The number of carboxylic acids is 1. The van der Waals surface area contributed by atoms with Crippen LogP contribution in [0.25, 0.3) is 0 Å².